The van der Waals surface area contributed by atoms with Crippen molar-refractivity contribution in [3.8, 4) is 5.75 Å². The van der Waals surface area contributed by atoms with Crippen LogP contribution in [-0.4, -0.2) is 10.8 Å². The van der Waals surface area contributed by atoms with Crippen LogP contribution in [0.2, 0.25) is 0 Å². The van der Waals surface area contributed by atoms with Gasteiger partial charge in [-0.2, -0.15) is 0 Å². The predicted octanol–water partition coefficient (Wildman–Crippen LogP) is 2.64. The number of hydrogen-bond donors (Lipinski definition) is 0. The van der Waals surface area contributed by atoms with Gasteiger partial charge in [-0.1, -0.05) is 17.7 Å². The van der Waals surface area contributed by atoms with Crippen LogP contribution in [0.25, 0.3) is 0 Å². The van der Waals surface area contributed by atoms with Crippen LogP contribution in [0.3, 0.4) is 0 Å². The minimum absolute atomic E-state index is 0.387. The van der Waals surface area contributed by atoms with Crippen molar-refractivity contribution in [2.75, 3.05) is 0 Å². The summed E-state index contributed by atoms with van der Waals surface area (Å²) in [7, 11) is 0. The second-order valence-electron chi connectivity index (χ2n) is 3.06. The summed E-state index contributed by atoms with van der Waals surface area (Å²) in [6.07, 6.45) is 0.387. The number of aromatic hydroxyl groups is 1. The fraction of sp³-hybridized carbons (Fsp3) is 0.400. The Balaban J connectivity index is 2.66. The zero-order chi connectivity index (χ0) is 8.27. The highest BCUT2D eigenvalue weighted by Gasteiger charge is 1.99. The van der Waals surface area contributed by atoms with Crippen LogP contribution in [-0.2, 0) is 0 Å². The van der Waals surface area contributed by atoms with Gasteiger partial charge in [0.25, 0.3) is 5.75 Å². The lowest BCUT2D eigenvalue weighted by atomic mass is 10.2. The summed E-state index contributed by atoms with van der Waals surface area (Å²) in [6, 6.07) is 8.27. The predicted molar refractivity (Wildman–Crippen MR) is 48.0 cm³/mol. The molecule has 1 N–H and O–H groups in total. The van der Waals surface area contributed by atoms with Crippen LogP contribution in [0.1, 0.15) is 19.4 Å². The Kier molecular flexibility index (Phi) is 2.53. The van der Waals surface area contributed by atoms with E-state index in [1.54, 1.807) is 0 Å². The Morgan fingerprint density at radius 1 is 1.09 bits per heavy atom. The highest BCUT2D eigenvalue weighted by Crippen LogP contribution is 2.13. The van der Waals surface area contributed by atoms with Gasteiger partial charge in [0.2, 0.25) is 0 Å². The zero-order valence-electron chi connectivity index (χ0n) is 7.33. The zero-order valence-corrected chi connectivity index (χ0v) is 7.33. The first-order valence-electron chi connectivity index (χ1n) is 3.96. The molecule has 0 bridgehead atoms. The van der Waals surface area contributed by atoms with Crippen molar-refractivity contribution in [3.05, 3.63) is 29.8 Å². The van der Waals surface area contributed by atoms with E-state index in [1.807, 2.05) is 0 Å². The van der Waals surface area contributed by atoms with Gasteiger partial charge in [-0.05, 0) is 6.92 Å². The molecule has 0 radical (unpaired) electrons. The molecular weight excluding hydrogens is 136 g/mol. The number of aliphatic hydroxyl groups is 1. The maximum atomic E-state index is 4.40. The fourth-order valence-electron chi connectivity index (χ4n) is 0.929. The Morgan fingerprint density at radius 2 is 1.64 bits per heavy atom. The van der Waals surface area contributed by atoms with Crippen LogP contribution >= 0.6 is 0 Å². The van der Waals surface area contributed by atoms with Crippen molar-refractivity contribution in [2.45, 2.75) is 26.9 Å². The number of rotatable bonds is 2. The Labute approximate surface area is 68.0 Å². The maximum Gasteiger partial charge on any atom is 0.254 e. The molecule has 0 fully saturated rings. The quantitative estimate of drug-likeness (QED) is 0.576. The van der Waals surface area contributed by atoms with Crippen molar-refractivity contribution in [3.63, 3.8) is 0 Å². The van der Waals surface area contributed by atoms with E-state index in [1.165, 1.54) is 5.56 Å². The highest BCUT2D eigenvalue weighted by molar-refractivity contribution is 5.25. The molecule has 60 valence electrons. The lowest BCUT2D eigenvalue weighted by Crippen LogP contribution is -2.01. The summed E-state index contributed by atoms with van der Waals surface area (Å²) >= 11 is 0. The second kappa shape index (κ2) is 3.42. The van der Waals surface area contributed by atoms with Gasteiger partial charge in [0, 0.05) is 26.0 Å². The van der Waals surface area contributed by atoms with E-state index >= 15 is 0 Å². The van der Waals surface area contributed by atoms with E-state index in [4.69, 9.17) is 0 Å². The number of aryl methyl sites for hydroxylation is 1. The van der Waals surface area contributed by atoms with E-state index < -0.39 is 0 Å². The molecule has 0 aromatic heterocycles. The van der Waals surface area contributed by atoms with Crippen molar-refractivity contribution in [1.29, 1.82) is 0 Å². The van der Waals surface area contributed by atoms with E-state index in [-0.39, 0.29) is 0 Å². The first-order chi connectivity index (χ1) is 5.18. The summed E-state index contributed by atoms with van der Waals surface area (Å²) in [5.74, 6) is 1.07. The molecule has 1 aromatic carbocycles. The van der Waals surface area contributed by atoms with Crippen molar-refractivity contribution >= 4 is 0 Å². The standard InChI is InChI=1S/C10H14O/c1-8(2)11-10-6-4-9(3)5-7-10/h4-8H,1-3H3/p+1. The molecule has 0 saturated carbocycles. The third-order valence-electron chi connectivity index (χ3n) is 1.44. The van der Waals surface area contributed by atoms with Crippen LogP contribution in [0.4, 0.5) is 0 Å². The molecule has 1 heteroatoms. The molecule has 0 aliphatic rings. The first kappa shape index (κ1) is 8.12. The van der Waals surface area contributed by atoms with Gasteiger partial charge in [0.15, 0.2) is 6.10 Å². The third-order valence-corrected chi connectivity index (χ3v) is 1.44. The van der Waals surface area contributed by atoms with Crippen molar-refractivity contribution in [2.24, 2.45) is 0 Å². The third kappa shape index (κ3) is 2.62. The second-order valence-corrected chi connectivity index (χ2v) is 3.06. The maximum absolute atomic E-state index is 4.40. The van der Waals surface area contributed by atoms with Gasteiger partial charge >= 0.3 is 0 Å². The molecular formula is C10H15O+. The topological polar surface area (TPSA) is 12.8 Å². The van der Waals surface area contributed by atoms with Crippen LogP contribution in [0.5, 0.6) is 5.75 Å². The average molecular weight is 151 g/mol. The largest absolute Gasteiger partial charge is 0.581 e. The molecule has 11 heavy (non-hydrogen) atoms. The van der Waals surface area contributed by atoms with E-state index in [0.29, 0.717) is 6.10 Å². The molecule has 1 rings (SSSR count). The van der Waals surface area contributed by atoms with E-state index in [9.17, 15) is 0 Å². The molecule has 1 aromatic rings. The number of benzene rings is 1. The van der Waals surface area contributed by atoms with Crippen LogP contribution in [0, 0.1) is 6.92 Å². The molecule has 0 saturated heterocycles. The fourth-order valence-corrected chi connectivity index (χ4v) is 0.929. The smallest absolute Gasteiger partial charge is 0.254 e. The monoisotopic (exact) mass is 151 g/mol. The van der Waals surface area contributed by atoms with Gasteiger partial charge in [0.1, 0.15) is 0 Å². The Bertz CT molecular complexity index is 211. The Hall–Kier alpha value is -0.980. The molecule has 0 heterocycles. The normalized spacial score (nSPS) is 10.2. The average Bonchev–Trinajstić information content (AvgIpc) is 1.93. The number of hydrogen-bond acceptors (Lipinski definition) is 0. The molecule has 0 unspecified atom stereocenters. The van der Waals surface area contributed by atoms with Gasteiger partial charge < -0.3 is 4.74 Å². The lowest BCUT2D eigenvalue weighted by molar-refractivity contribution is 0.0107. The summed E-state index contributed by atoms with van der Waals surface area (Å²) in [5.41, 5.74) is 1.28. The number of ether oxygens (including phenoxy) is 1. The van der Waals surface area contributed by atoms with Gasteiger partial charge in [-0.3, -0.25) is 0 Å². The van der Waals surface area contributed by atoms with Crippen molar-refractivity contribution < 1.29 is 4.74 Å². The molecule has 0 aliphatic heterocycles. The lowest BCUT2D eigenvalue weighted by Gasteiger charge is -2.06. The van der Waals surface area contributed by atoms with E-state index in [0.717, 1.165) is 5.75 Å². The molecule has 0 aliphatic carbocycles. The summed E-state index contributed by atoms with van der Waals surface area (Å²) in [6.45, 7) is 6.25. The van der Waals surface area contributed by atoms with Crippen molar-refractivity contribution in [1.82, 2.24) is 0 Å². The highest BCUT2D eigenvalue weighted by atomic mass is 16.5. The molecule has 1 nitrogen and oxygen atoms in total. The van der Waals surface area contributed by atoms with Gasteiger partial charge in [-0.25, -0.2) is 0 Å². The van der Waals surface area contributed by atoms with Crippen LogP contribution in [0.15, 0.2) is 24.3 Å². The minimum Gasteiger partial charge on any atom is -0.581 e. The molecule has 0 spiro atoms. The van der Waals surface area contributed by atoms with E-state index in [2.05, 4.69) is 49.8 Å². The summed E-state index contributed by atoms with van der Waals surface area (Å²) < 4.78 is 4.40. The van der Waals surface area contributed by atoms with Crippen LogP contribution < -0.4 is 0 Å². The van der Waals surface area contributed by atoms with Gasteiger partial charge in [0.05, 0.1) is 0 Å². The minimum atomic E-state index is 0.387. The molecule has 0 atom stereocenters. The first-order valence-corrected chi connectivity index (χ1v) is 3.96. The van der Waals surface area contributed by atoms with Gasteiger partial charge in [-0.15, -0.1) is 0 Å². The summed E-state index contributed by atoms with van der Waals surface area (Å²) in [5, 5.41) is 0. The SMILES string of the molecule is Cc1ccc([OH+]C(C)C)cc1. The molecule has 0 amide bonds. The Morgan fingerprint density at radius 3 is 2.09 bits per heavy atom. The summed E-state index contributed by atoms with van der Waals surface area (Å²) in [4.78, 5) is 0.